The zero-order valence-corrected chi connectivity index (χ0v) is 13.3. The molecule has 1 heterocycles. The molecule has 2 N–H and O–H groups in total. The number of nitrogens with one attached hydrogen (secondary N) is 1. The number of carboxylic acids is 1. The van der Waals surface area contributed by atoms with Crippen LogP contribution in [0.1, 0.15) is 54.1 Å². The van der Waals surface area contributed by atoms with Gasteiger partial charge in [0.2, 0.25) is 5.69 Å². The molecule has 132 valence electrons. The first-order valence-corrected chi connectivity index (χ1v) is 8.20. The van der Waals surface area contributed by atoms with E-state index in [1.54, 1.807) is 12.1 Å². The highest BCUT2D eigenvalue weighted by atomic mass is 19.3. The summed E-state index contributed by atoms with van der Waals surface area (Å²) in [6.45, 7) is 0. The molecule has 2 aliphatic carbocycles. The third kappa shape index (κ3) is 2.75. The van der Waals surface area contributed by atoms with E-state index >= 15 is 0 Å². The van der Waals surface area contributed by atoms with Gasteiger partial charge in [-0.2, -0.15) is 0 Å². The smallest absolute Gasteiger partial charge is 0.359 e. The quantitative estimate of drug-likeness (QED) is 0.872. The highest BCUT2D eigenvalue weighted by Crippen LogP contribution is 2.68. The Kier molecular flexibility index (Phi) is 3.52. The summed E-state index contributed by atoms with van der Waals surface area (Å²) in [6, 6.07) is 7.24. The lowest BCUT2D eigenvalue weighted by Gasteiger charge is -2.29. The van der Waals surface area contributed by atoms with Crippen molar-refractivity contribution in [3.05, 3.63) is 35.5 Å². The summed E-state index contributed by atoms with van der Waals surface area (Å²) >= 11 is 0. The second kappa shape index (κ2) is 5.50. The van der Waals surface area contributed by atoms with Crippen molar-refractivity contribution in [3.63, 3.8) is 0 Å². The first-order chi connectivity index (χ1) is 11.9. The zero-order chi connectivity index (χ0) is 17.7. The van der Waals surface area contributed by atoms with Gasteiger partial charge in [0.1, 0.15) is 5.75 Å². The minimum Gasteiger partial charge on any atom is -0.476 e. The second-order valence-electron chi connectivity index (χ2n) is 6.90. The first-order valence-electron chi connectivity index (χ1n) is 8.20. The zero-order valence-electron chi connectivity index (χ0n) is 13.3. The Morgan fingerprint density at radius 2 is 1.88 bits per heavy atom. The molecule has 0 atom stereocenters. The number of hydrogen-bond donors (Lipinski definition) is 2. The standard InChI is InChI=1S/C17H17F2N3O3/c18-17(19)9-16(17)7-5-11(6-8-16)10-1-3-12(4-2-10)25-14-13(15(23)24)20-22-21-14/h1-4,11H,5-9H2,(H,23,24)(H,20,21,22). The number of aromatic amines is 1. The molecular weight excluding hydrogens is 332 g/mol. The van der Waals surface area contributed by atoms with E-state index in [9.17, 15) is 13.6 Å². The van der Waals surface area contributed by atoms with Crippen molar-refractivity contribution >= 4 is 5.97 Å². The average molecular weight is 349 g/mol. The SMILES string of the molecule is O=C(O)c1[nH]nnc1Oc1ccc(C2CCC3(CC2)CC3(F)F)cc1. The molecule has 25 heavy (non-hydrogen) atoms. The maximum atomic E-state index is 13.5. The van der Waals surface area contributed by atoms with Crippen molar-refractivity contribution < 1.29 is 23.4 Å². The average Bonchev–Trinajstić information content (AvgIpc) is 2.93. The van der Waals surface area contributed by atoms with Gasteiger partial charge in [-0.1, -0.05) is 22.4 Å². The van der Waals surface area contributed by atoms with Crippen LogP contribution in [0.2, 0.25) is 0 Å². The lowest BCUT2D eigenvalue weighted by atomic mass is 9.76. The van der Waals surface area contributed by atoms with Crippen molar-refractivity contribution in [1.29, 1.82) is 0 Å². The minimum atomic E-state index is -2.46. The van der Waals surface area contributed by atoms with Crippen molar-refractivity contribution in [2.45, 2.75) is 43.9 Å². The molecule has 6 nitrogen and oxygen atoms in total. The Balaban J connectivity index is 1.41. The first kappa shape index (κ1) is 16.0. The van der Waals surface area contributed by atoms with E-state index in [2.05, 4.69) is 15.4 Å². The molecule has 0 aliphatic heterocycles. The summed E-state index contributed by atoms with van der Waals surface area (Å²) in [5.74, 6) is -3.05. The van der Waals surface area contributed by atoms with Crippen LogP contribution in [0.3, 0.4) is 0 Å². The molecule has 0 unspecified atom stereocenters. The van der Waals surface area contributed by atoms with Gasteiger partial charge in [0, 0.05) is 11.8 Å². The minimum absolute atomic E-state index is 0.0448. The van der Waals surface area contributed by atoms with Crippen molar-refractivity contribution in [3.8, 4) is 11.6 Å². The maximum absolute atomic E-state index is 13.5. The molecule has 0 amide bonds. The molecule has 1 spiro atoms. The Morgan fingerprint density at radius 1 is 1.24 bits per heavy atom. The Labute approximate surface area is 142 Å². The Bertz CT molecular complexity index is 796. The lowest BCUT2D eigenvalue weighted by molar-refractivity contribution is 0.0455. The van der Waals surface area contributed by atoms with Gasteiger partial charge in [0.25, 0.3) is 11.8 Å². The molecule has 1 aromatic carbocycles. The number of ether oxygens (including phenoxy) is 1. The van der Waals surface area contributed by atoms with E-state index < -0.39 is 17.3 Å². The van der Waals surface area contributed by atoms with Crippen LogP contribution < -0.4 is 4.74 Å². The highest BCUT2D eigenvalue weighted by Gasteiger charge is 2.70. The summed E-state index contributed by atoms with van der Waals surface area (Å²) in [5.41, 5.74) is 0.143. The third-order valence-electron chi connectivity index (χ3n) is 5.45. The van der Waals surface area contributed by atoms with E-state index in [4.69, 9.17) is 9.84 Å². The van der Waals surface area contributed by atoms with Crippen LogP contribution >= 0.6 is 0 Å². The summed E-state index contributed by atoms with van der Waals surface area (Å²) in [5, 5.41) is 18.3. The van der Waals surface area contributed by atoms with Gasteiger partial charge in [-0.25, -0.2) is 18.7 Å². The number of aromatic carboxylic acids is 1. The van der Waals surface area contributed by atoms with Gasteiger partial charge in [-0.05, 0) is 49.3 Å². The van der Waals surface area contributed by atoms with Gasteiger partial charge >= 0.3 is 5.97 Å². The number of rotatable bonds is 4. The normalized spacial score (nSPS) is 27.2. The third-order valence-corrected chi connectivity index (χ3v) is 5.45. The number of hydrogen-bond acceptors (Lipinski definition) is 4. The van der Waals surface area contributed by atoms with Gasteiger partial charge in [-0.15, -0.1) is 0 Å². The summed E-state index contributed by atoms with van der Waals surface area (Å²) in [6.07, 6.45) is 2.72. The number of alkyl halides is 2. The summed E-state index contributed by atoms with van der Waals surface area (Å²) < 4.78 is 32.3. The topological polar surface area (TPSA) is 88.1 Å². The monoisotopic (exact) mass is 349 g/mol. The van der Waals surface area contributed by atoms with E-state index in [0.29, 0.717) is 18.6 Å². The fourth-order valence-corrected chi connectivity index (χ4v) is 3.78. The molecule has 0 bridgehead atoms. The van der Waals surface area contributed by atoms with Crippen LogP contribution in [0.5, 0.6) is 11.6 Å². The summed E-state index contributed by atoms with van der Waals surface area (Å²) in [4.78, 5) is 11.0. The Hall–Kier alpha value is -2.51. The number of halogens is 2. The van der Waals surface area contributed by atoms with Gasteiger partial charge in [0.05, 0.1) is 0 Å². The summed E-state index contributed by atoms with van der Waals surface area (Å²) in [7, 11) is 0. The van der Waals surface area contributed by atoms with Crippen LogP contribution in [0.4, 0.5) is 8.78 Å². The molecule has 4 rings (SSSR count). The van der Waals surface area contributed by atoms with Crippen LogP contribution in [0.25, 0.3) is 0 Å². The van der Waals surface area contributed by atoms with Gasteiger partial charge in [0.15, 0.2) is 0 Å². The van der Waals surface area contributed by atoms with Crippen LogP contribution in [0.15, 0.2) is 24.3 Å². The molecule has 8 heteroatoms. The molecule has 2 saturated carbocycles. The number of carbonyl (C=O) groups is 1. The molecule has 1 aromatic heterocycles. The second-order valence-corrected chi connectivity index (χ2v) is 6.90. The molecule has 2 aromatic rings. The van der Waals surface area contributed by atoms with Gasteiger partial charge in [-0.3, -0.25) is 0 Å². The predicted octanol–water partition coefficient (Wildman–Crippen LogP) is 3.98. The largest absolute Gasteiger partial charge is 0.476 e. The number of nitrogens with zero attached hydrogens (tertiary/aromatic N) is 2. The number of carboxylic acid groups (broad SMARTS) is 1. The highest BCUT2D eigenvalue weighted by molar-refractivity contribution is 5.87. The van der Waals surface area contributed by atoms with Crippen LogP contribution in [0, 0.1) is 5.41 Å². The molecule has 0 saturated heterocycles. The van der Waals surface area contributed by atoms with Crippen LogP contribution in [-0.2, 0) is 0 Å². The molecular formula is C17H17F2N3O3. The Morgan fingerprint density at radius 3 is 2.44 bits per heavy atom. The maximum Gasteiger partial charge on any atom is 0.359 e. The van der Waals surface area contributed by atoms with Crippen molar-refractivity contribution in [2.75, 3.05) is 0 Å². The van der Waals surface area contributed by atoms with Crippen molar-refractivity contribution in [1.82, 2.24) is 15.4 Å². The van der Waals surface area contributed by atoms with E-state index in [-0.39, 0.29) is 23.9 Å². The fraction of sp³-hybridized carbons (Fsp3) is 0.471. The van der Waals surface area contributed by atoms with E-state index in [1.807, 2.05) is 12.1 Å². The van der Waals surface area contributed by atoms with Gasteiger partial charge < -0.3 is 9.84 Å². The number of benzene rings is 1. The van der Waals surface area contributed by atoms with Crippen LogP contribution in [-0.4, -0.2) is 32.4 Å². The number of H-pyrrole nitrogens is 1. The fourth-order valence-electron chi connectivity index (χ4n) is 3.78. The molecule has 0 radical (unpaired) electrons. The lowest BCUT2D eigenvalue weighted by Crippen LogP contribution is -2.19. The van der Waals surface area contributed by atoms with Crippen molar-refractivity contribution in [2.24, 2.45) is 5.41 Å². The van der Waals surface area contributed by atoms with E-state index in [0.717, 1.165) is 18.4 Å². The number of aromatic nitrogens is 3. The molecule has 2 fully saturated rings. The predicted molar refractivity (Wildman–Crippen MR) is 83.1 cm³/mol. The molecule has 2 aliphatic rings. The van der Waals surface area contributed by atoms with E-state index in [1.165, 1.54) is 0 Å².